The fraction of sp³-hybridized carbons (Fsp3) is 0.417. The number of amides is 1. The van der Waals surface area contributed by atoms with Crippen molar-refractivity contribution in [2.45, 2.75) is 12.5 Å². The molecule has 1 aliphatic rings. The highest BCUT2D eigenvalue weighted by Gasteiger charge is 2.31. The van der Waals surface area contributed by atoms with E-state index in [-0.39, 0.29) is 25.6 Å². The number of carbonyl (C=O) groups is 1. The van der Waals surface area contributed by atoms with Gasteiger partial charge in [-0.05, 0) is 12.1 Å². The SMILES string of the molecule is O=C(c1cccc2n[nH]nc12)N1CCOC(C(F)F)C1. The predicted molar refractivity (Wildman–Crippen MR) is 65.5 cm³/mol. The standard InChI is InChI=1S/C12H12F2N4O2/c13-11(14)9-6-18(4-5-20-9)12(19)7-2-1-3-8-10(7)16-17-15-8/h1-3,9,11H,4-6H2,(H,15,16,17). The molecule has 1 aliphatic heterocycles. The molecular weight excluding hydrogens is 270 g/mol. The summed E-state index contributed by atoms with van der Waals surface area (Å²) in [5.41, 5.74) is 1.36. The lowest BCUT2D eigenvalue weighted by Gasteiger charge is -2.32. The van der Waals surface area contributed by atoms with Crippen molar-refractivity contribution in [3.8, 4) is 0 Å². The molecule has 0 spiro atoms. The number of H-pyrrole nitrogens is 1. The number of benzene rings is 1. The van der Waals surface area contributed by atoms with Crippen molar-refractivity contribution in [2.75, 3.05) is 19.7 Å². The van der Waals surface area contributed by atoms with E-state index in [1.165, 1.54) is 4.90 Å². The Morgan fingerprint density at radius 2 is 2.30 bits per heavy atom. The highest BCUT2D eigenvalue weighted by Crippen LogP contribution is 2.19. The fourth-order valence-electron chi connectivity index (χ4n) is 2.22. The summed E-state index contributed by atoms with van der Waals surface area (Å²) < 4.78 is 30.3. The Hall–Kier alpha value is -2.09. The topological polar surface area (TPSA) is 71.1 Å². The van der Waals surface area contributed by atoms with Crippen LogP contribution in [0.15, 0.2) is 18.2 Å². The molecule has 8 heteroatoms. The van der Waals surface area contributed by atoms with E-state index in [1.54, 1.807) is 18.2 Å². The van der Waals surface area contributed by atoms with Crippen LogP contribution in [-0.2, 0) is 4.74 Å². The number of fused-ring (bicyclic) bond motifs is 1. The van der Waals surface area contributed by atoms with E-state index in [0.717, 1.165) is 0 Å². The highest BCUT2D eigenvalue weighted by atomic mass is 19.3. The number of ether oxygens (including phenoxy) is 1. The Morgan fingerprint density at radius 1 is 1.45 bits per heavy atom. The number of rotatable bonds is 2. The Kier molecular flexibility index (Phi) is 3.31. The number of aromatic nitrogens is 3. The van der Waals surface area contributed by atoms with Crippen molar-refractivity contribution in [1.29, 1.82) is 0 Å². The maximum absolute atomic E-state index is 12.7. The van der Waals surface area contributed by atoms with Gasteiger partial charge in [-0.15, -0.1) is 0 Å². The molecule has 106 valence electrons. The number of nitrogens with one attached hydrogen (secondary N) is 1. The third-order valence-corrected chi connectivity index (χ3v) is 3.24. The molecule has 1 amide bonds. The monoisotopic (exact) mass is 282 g/mol. The number of hydrogen-bond acceptors (Lipinski definition) is 4. The van der Waals surface area contributed by atoms with Gasteiger partial charge in [0.05, 0.1) is 18.7 Å². The minimum atomic E-state index is -2.60. The van der Waals surface area contributed by atoms with Gasteiger partial charge in [0.2, 0.25) is 0 Å². The minimum absolute atomic E-state index is 0.107. The summed E-state index contributed by atoms with van der Waals surface area (Å²) in [6.07, 6.45) is -3.84. The van der Waals surface area contributed by atoms with Gasteiger partial charge in [-0.25, -0.2) is 8.78 Å². The zero-order valence-corrected chi connectivity index (χ0v) is 10.4. The van der Waals surface area contributed by atoms with Gasteiger partial charge in [0.25, 0.3) is 12.3 Å². The first-order valence-corrected chi connectivity index (χ1v) is 6.15. The highest BCUT2D eigenvalue weighted by molar-refractivity contribution is 6.04. The number of carbonyl (C=O) groups excluding carboxylic acids is 1. The third-order valence-electron chi connectivity index (χ3n) is 3.24. The van der Waals surface area contributed by atoms with E-state index >= 15 is 0 Å². The van der Waals surface area contributed by atoms with Gasteiger partial charge in [0.15, 0.2) is 0 Å². The second-order valence-corrected chi connectivity index (χ2v) is 4.49. The average Bonchev–Trinajstić information content (AvgIpc) is 2.95. The van der Waals surface area contributed by atoms with Crippen LogP contribution < -0.4 is 0 Å². The van der Waals surface area contributed by atoms with Gasteiger partial charge in [-0.3, -0.25) is 4.79 Å². The van der Waals surface area contributed by atoms with Crippen LogP contribution in [0.3, 0.4) is 0 Å². The van der Waals surface area contributed by atoms with Crippen LogP contribution in [-0.4, -0.2) is 58.4 Å². The Balaban J connectivity index is 1.87. The first kappa shape index (κ1) is 12.9. The molecule has 20 heavy (non-hydrogen) atoms. The smallest absolute Gasteiger partial charge is 0.266 e. The van der Waals surface area contributed by atoms with Crippen LogP contribution in [0.2, 0.25) is 0 Å². The van der Waals surface area contributed by atoms with Gasteiger partial charge in [0, 0.05) is 6.54 Å². The maximum atomic E-state index is 12.7. The average molecular weight is 282 g/mol. The molecule has 1 atom stereocenters. The molecule has 1 saturated heterocycles. The second kappa shape index (κ2) is 5.12. The van der Waals surface area contributed by atoms with E-state index in [0.29, 0.717) is 16.6 Å². The van der Waals surface area contributed by atoms with E-state index in [4.69, 9.17) is 4.74 Å². The number of morpholine rings is 1. The lowest BCUT2D eigenvalue weighted by atomic mass is 10.1. The molecule has 2 heterocycles. The fourth-order valence-corrected chi connectivity index (χ4v) is 2.22. The van der Waals surface area contributed by atoms with Crippen molar-refractivity contribution in [1.82, 2.24) is 20.3 Å². The molecule has 1 aromatic heterocycles. The maximum Gasteiger partial charge on any atom is 0.266 e. The van der Waals surface area contributed by atoms with Crippen molar-refractivity contribution < 1.29 is 18.3 Å². The molecule has 1 fully saturated rings. The number of aromatic amines is 1. The first-order valence-electron chi connectivity index (χ1n) is 6.15. The summed E-state index contributed by atoms with van der Waals surface area (Å²) in [5.74, 6) is -0.335. The summed E-state index contributed by atoms with van der Waals surface area (Å²) in [6.45, 7) is 0.274. The number of halogens is 2. The van der Waals surface area contributed by atoms with Crippen LogP contribution in [0.4, 0.5) is 8.78 Å². The lowest BCUT2D eigenvalue weighted by molar-refractivity contribution is -0.0942. The van der Waals surface area contributed by atoms with Gasteiger partial charge in [-0.2, -0.15) is 15.4 Å². The van der Waals surface area contributed by atoms with E-state index < -0.39 is 12.5 Å². The van der Waals surface area contributed by atoms with E-state index in [9.17, 15) is 13.6 Å². The van der Waals surface area contributed by atoms with Crippen LogP contribution in [0.1, 0.15) is 10.4 Å². The van der Waals surface area contributed by atoms with Crippen LogP contribution in [0, 0.1) is 0 Å². The van der Waals surface area contributed by atoms with Gasteiger partial charge < -0.3 is 9.64 Å². The summed E-state index contributed by atoms with van der Waals surface area (Å²) in [7, 11) is 0. The van der Waals surface area contributed by atoms with Crippen molar-refractivity contribution in [3.63, 3.8) is 0 Å². The van der Waals surface area contributed by atoms with Crippen molar-refractivity contribution in [3.05, 3.63) is 23.8 Å². The van der Waals surface area contributed by atoms with Gasteiger partial charge in [-0.1, -0.05) is 6.07 Å². The predicted octanol–water partition coefficient (Wildman–Crippen LogP) is 1.06. The molecule has 3 rings (SSSR count). The van der Waals surface area contributed by atoms with Gasteiger partial charge >= 0.3 is 0 Å². The number of hydrogen-bond donors (Lipinski definition) is 1. The normalized spacial score (nSPS) is 19.8. The summed E-state index contributed by atoms with van der Waals surface area (Å²) in [6, 6.07) is 5.01. The summed E-state index contributed by atoms with van der Waals surface area (Å²) >= 11 is 0. The Bertz CT molecular complexity index is 631. The summed E-state index contributed by atoms with van der Waals surface area (Å²) in [5, 5.41) is 10.3. The molecule has 2 aromatic rings. The molecule has 0 aliphatic carbocycles. The molecule has 1 aromatic carbocycles. The van der Waals surface area contributed by atoms with Crippen LogP contribution >= 0.6 is 0 Å². The molecular formula is C12H12F2N4O2. The summed E-state index contributed by atoms with van der Waals surface area (Å²) in [4.78, 5) is 13.8. The number of para-hydroxylation sites is 1. The molecule has 6 nitrogen and oxygen atoms in total. The molecule has 0 radical (unpaired) electrons. The quantitative estimate of drug-likeness (QED) is 0.894. The zero-order chi connectivity index (χ0) is 14.1. The molecule has 1 N–H and O–H groups in total. The Morgan fingerprint density at radius 3 is 3.10 bits per heavy atom. The lowest BCUT2D eigenvalue weighted by Crippen LogP contribution is -2.48. The second-order valence-electron chi connectivity index (χ2n) is 4.49. The van der Waals surface area contributed by atoms with Crippen molar-refractivity contribution >= 4 is 16.9 Å². The molecule has 1 unspecified atom stereocenters. The van der Waals surface area contributed by atoms with E-state index in [2.05, 4.69) is 15.4 Å². The van der Waals surface area contributed by atoms with Crippen molar-refractivity contribution in [2.24, 2.45) is 0 Å². The molecule has 0 saturated carbocycles. The third kappa shape index (κ3) is 2.22. The van der Waals surface area contributed by atoms with Crippen LogP contribution in [0.25, 0.3) is 11.0 Å². The van der Waals surface area contributed by atoms with Crippen LogP contribution in [0.5, 0.6) is 0 Å². The Labute approximate surface area is 112 Å². The zero-order valence-electron chi connectivity index (χ0n) is 10.4. The number of nitrogens with zero attached hydrogens (tertiary/aromatic N) is 3. The molecule has 0 bridgehead atoms. The minimum Gasteiger partial charge on any atom is -0.369 e. The van der Waals surface area contributed by atoms with E-state index in [1.807, 2.05) is 0 Å². The van der Waals surface area contributed by atoms with Gasteiger partial charge in [0.1, 0.15) is 17.1 Å². The largest absolute Gasteiger partial charge is 0.369 e. The number of alkyl halides is 2. The first-order chi connectivity index (χ1) is 9.66.